The van der Waals surface area contributed by atoms with Crippen molar-refractivity contribution < 1.29 is 14.7 Å². The summed E-state index contributed by atoms with van der Waals surface area (Å²) in [6.45, 7) is 9.04. The first-order valence-corrected chi connectivity index (χ1v) is 13.2. The number of rotatable bonds is 4. The van der Waals surface area contributed by atoms with Gasteiger partial charge < -0.3 is 19.8 Å². The van der Waals surface area contributed by atoms with Gasteiger partial charge in [0.05, 0.1) is 20.8 Å². The molecule has 3 heterocycles. The average Bonchev–Trinajstić information content (AvgIpc) is 3.74. The van der Waals surface area contributed by atoms with Gasteiger partial charge >= 0.3 is 0 Å². The highest BCUT2D eigenvalue weighted by molar-refractivity contribution is 6.55. The van der Waals surface area contributed by atoms with Crippen LogP contribution in [0.4, 0.5) is 0 Å². The third-order valence-electron chi connectivity index (χ3n) is 5.71. The maximum absolute atomic E-state index is 12.4. The molecule has 194 valence electrons. The zero-order valence-corrected chi connectivity index (χ0v) is 23.3. The number of allylic oxidation sites excluding steroid dienone is 1. The van der Waals surface area contributed by atoms with Crippen molar-refractivity contribution in [3.8, 4) is 5.75 Å². The van der Waals surface area contributed by atoms with Crippen LogP contribution in [0.2, 0.25) is 25.1 Å². The molecule has 2 aromatic rings. The molecule has 3 fully saturated rings. The zero-order valence-electron chi connectivity index (χ0n) is 19.5. The summed E-state index contributed by atoms with van der Waals surface area (Å²) in [5.74, 6) is -0.315. The molecule has 6 nitrogen and oxygen atoms in total. The molecule has 0 amide bonds. The molecule has 0 atom stereocenters. The van der Waals surface area contributed by atoms with E-state index in [9.17, 15) is 14.7 Å². The van der Waals surface area contributed by atoms with Crippen molar-refractivity contribution in [2.24, 2.45) is 0 Å². The van der Waals surface area contributed by atoms with Crippen LogP contribution in [0, 0.1) is 0 Å². The average molecular weight is 602 g/mol. The third-order valence-corrected chi connectivity index (χ3v) is 7.97. The number of ketones is 2. The first-order valence-electron chi connectivity index (χ1n) is 11.3. The Morgan fingerprint density at radius 3 is 1.59 bits per heavy atom. The van der Waals surface area contributed by atoms with Crippen LogP contribution in [0.1, 0.15) is 5.56 Å². The van der Waals surface area contributed by atoms with E-state index in [0.29, 0.717) is 17.1 Å². The molecule has 0 unspecified atom stereocenters. The third kappa shape index (κ3) is 6.39. The van der Waals surface area contributed by atoms with Crippen molar-refractivity contribution in [3.05, 3.63) is 90.8 Å². The van der Waals surface area contributed by atoms with E-state index in [-0.39, 0.29) is 42.4 Å². The van der Waals surface area contributed by atoms with E-state index in [1.54, 1.807) is 0 Å². The molecule has 37 heavy (non-hydrogen) atoms. The molecular weight excluding hydrogens is 580 g/mol. The summed E-state index contributed by atoms with van der Waals surface area (Å²) in [5.41, 5.74) is 3.06. The van der Waals surface area contributed by atoms with E-state index in [0.717, 1.165) is 39.3 Å². The molecule has 0 radical (unpaired) electrons. The predicted molar refractivity (Wildman–Crippen MR) is 150 cm³/mol. The van der Waals surface area contributed by atoms with Gasteiger partial charge in [-0.25, -0.2) is 0 Å². The summed E-state index contributed by atoms with van der Waals surface area (Å²) in [5, 5.41) is 9.01. The fourth-order valence-electron chi connectivity index (χ4n) is 3.46. The van der Waals surface area contributed by atoms with Crippen LogP contribution >= 0.6 is 58.0 Å². The van der Waals surface area contributed by atoms with Gasteiger partial charge in [-0.15, -0.1) is 0 Å². The molecule has 6 rings (SSSR count). The number of benzene rings is 2. The number of nitrogens with zero attached hydrogens (tertiary/aromatic N) is 3. The van der Waals surface area contributed by atoms with Crippen LogP contribution in [-0.2, 0) is 9.59 Å². The van der Waals surface area contributed by atoms with Gasteiger partial charge in [0.15, 0.2) is 5.75 Å². The second kappa shape index (κ2) is 11.6. The zero-order chi connectivity index (χ0) is 26.9. The summed E-state index contributed by atoms with van der Waals surface area (Å²) in [6.07, 6.45) is 3.36. The summed E-state index contributed by atoms with van der Waals surface area (Å²) < 4.78 is 0. The topological polar surface area (TPSA) is 63.4 Å². The van der Waals surface area contributed by atoms with Crippen LogP contribution in [0.25, 0.3) is 6.08 Å². The molecule has 1 N–H and O–H groups in total. The Kier molecular flexibility index (Phi) is 8.66. The largest absolute Gasteiger partial charge is 0.505 e. The lowest BCUT2D eigenvalue weighted by Gasteiger charge is -2.21. The number of phenols is 1. The molecule has 0 spiro atoms. The van der Waals surface area contributed by atoms with Crippen molar-refractivity contribution in [2.45, 2.75) is 0 Å². The van der Waals surface area contributed by atoms with E-state index < -0.39 is 0 Å². The standard InChI is InChI=1S/C12H13N3O2.C8H8.C6HCl5O/c16-9-7-8(13-1-2-13)12(17)11(15-5-6-15)10(9)14-3-4-14;1-2-8-6-4-3-5-7-8;7-1-2(8)4(10)6(12)5(11)3(1)9/h7H,1-6H2;2-7H,1H2;12H. The van der Waals surface area contributed by atoms with Crippen molar-refractivity contribution in [1.82, 2.24) is 14.7 Å². The minimum atomic E-state index is -0.363. The molecule has 0 saturated carbocycles. The summed E-state index contributed by atoms with van der Waals surface area (Å²) in [6, 6.07) is 10.0. The lowest BCUT2D eigenvalue weighted by atomic mass is 10.0. The smallest absolute Gasteiger partial charge is 0.227 e. The highest BCUT2D eigenvalue weighted by Crippen LogP contribution is 2.47. The Morgan fingerprint density at radius 2 is 1.16 bits per heavy atom. The van der Waals surface area contributed by atoms with Gasteiger partial charge in [-0.2, -0.15) is 0 Å². The molecular formula is C26H22Cl5N3O3. The van der Waals surface area contributed by atoms with Gasteiger partial charge in [0, 0.05) is 45.3 Å². The number of carbonyl (C=O) groups excluding carboxylic acids is 2. The lowest BCUT2D eigenvalue weighted by molar-refractivity contribution is -0.117. The highest BCUT2D eigenvalue weighted by Gasteiger charge is 2.43. The molecule has 1 aliphatic carbocycles. The van der Waals surface area contributed by atoms with Gasteiger partial charge in [-0.1, -0.05) is 101 Å². The first-order chi connectivity index (χ1) is 17.6. The van der Waals surface area contributed by atoms with Crippen molar-refractivity contribution in [1.29, 1.82) is 0 Å². The number of Topliss-reactive ketones (excluding diaryl/α,β-unsaturated/α-hetero) is 1. The van der Waals surface area contributed by atoms with Crippen LogP contribution < -0.4 is 0 Å². The van der Waals surface area contributed by atoms with Gasteiger partial charge in [0.1, 0.15) is 21.4 Å². The maximum Gasteiger partial charge on any atom is 0.227 e. The quantitative estimate of drug-likeness (QED) is 0.196. The second-order valence-corrected chi connectivity index (χ2v) is 10.3. The number of hydrogen-bond donors (Lipinski definition) is 1. The van der Waals surface area contributed by atoms with Gasteiger partial charge in [-0.05, 0) is 5.56 Å². The van der Waals surface area contributed by atoms with Crippen LogP contribution in [0.5, 0.6) is 5.75 Å². The Balaban J connectivity index is 0.000000140. The molecule has 0 bridgehead atoms. The lowest BCUT2D eigenvalue weighted by Crippen LogP contribution is -2.29. The maximum atomic E-state index is 12.4. The molecule has 11 heteroatoms. The highest BCUT2D eigenvalue weighted by atomic mass is 35.5. The molecule has 2 aromatic carbocycles. The monoisotopic (exact) mass is 599 g/mol. The SMILES string of the molecule is C=Cc1ccccc1.O=C1C=C(N2CC2)C(=O)C(N2CC2)=C1N1CC1.Oc1c(Cl)c(Cl)c(Cl)c(Cl)c1Cl. The van der Waals surface area contributed by atoms with E-state index in [1.165, 1.54) is 11.6 Å². The van der Waals surface area contributed by atoms with E-state index in [4.69, 9.17) is 58.0 Å². The van der Waals surface area contributed by atoms with Crippen molar-refractivity contribution in [3.63, 3.8) is 0 Å². The molecule has 3 aliphatic heterocycles. The number of aromatic hydroxyl groups is 1. The van der Waals surface area contributed by atoms with Crippen LogP contribution in [0.15, 0.2) is 60.1 Å². The van der Waals surface area contributed by atoms with Crippen LogP contribution in [-0.4, -0.2) is 70.6 Å². The minimum absolute atomic E-state index is 0.00546. The summed E-state index contributed by atoms with van der Waals surface area (Å²) in [7, 11) is 0. The Hall–Kier alpha value is -2.35. The number of phenolic OH excluding ortho intramolecular Hbond substituents is 1. The molecule has 4 aliphatic rings. The first kappa shape index (κ1) is 27.7. The van der Waals surface area contributed by atoms with Gasteiger partial charge in [0.25, 0.3) is 0 Å². The Morgan fingerprint density at radius 1 is 0.703 bits per heavy atom. The Labute approximate surface area is 239 Å². The Bertz CT molecular complexity index is 1210. The van der Waals surface area contributed by atoms with Crippen molar-refractivity contribution in [2.75, 3.05) is 39.3 Å². The van der Waals surface area contributed by atoms with E-state index in [1.807, 2.05) is 51.1 Å². The second-order valence-electron chi connectivity index (χ2n) is 8.41. The molecule has 0 aromatic heterocycles. The summed E-state index contributed by atoms with van der Waals surface area (Å²) in [4.78, 5) is 30.5. The number of carbonyl (C=O) groups is 2. The van der Waals surface area contributed by atoms with Gasteiger partial charge in [-0.3, -0.25) is 9.59 Å². The predicted octanol–water partition coefficient (Wildman–Crippen LogP) is 6.17. The van der Waals surface area contributed by atoms with Crippen LogP contribution in [0.3, 0.4) is 0 Å². The molecule has 3 saturated heterocycles. The van der Waals surface area contributed by atoms with E-state index in [2.05, 4.69) is 6.58 Å². The normalized spacial score (nSPS) is 17.4. The fourth-order valence-corrected chi connectivity index (χ4v) is 4.59. The van der Waals surface area contributed by atoms with Crippen molar-refractivity contribution >= 4 is 75.6 Å². The minimum Gasteiger partial charge on any atom is -0.505 e. The summed E-state index contributed by atoms with van der Waals surface area (Å²) >= 11 is 27.9. The fraction of sp³-hybridized carbons (Fsp3) is 0.231. The number of hydrogen-bond acceptors (Lipinski definition) is 6. The number of halogens is 5. The van der Waals surface area contributed by atoms with E-state index >= 15 is 0 Å². The van der Waals surface area contributed by atoms with Gasteiger partial charge in [0.2, 0.25) is 11.6 Å².